The average Bonchev–Trinajstić information content (AvgIpc) is 3.07. The third-order valence-corrected chi connectivity index (χ3v) is 4.37. The summed E-state index contributed by atoms with van der Waals surface area (Å²) in [6.45, 7) is 1.76. The number of hydrogen-bond donors (Lipinski definition) is 2. The number of benzene rings is 2. The monoisotopic (exact) mass is 407 g/mol. The van der Waals surface area contributed by atoms with Gasteiger partial charge in [0.1, 0.15) is 12.3 Å². The molecule has 9 heteroatoms. The molecule has 0 spiro atoms. The Kier molecular flexibility index (Phi) is 5.78. The lowest BCUT2D eigenvalue weighted by Gasteiger charge is -2.13. The zero-order chi connectivity index (χ0) is 21.2. The third-order valence-electron chi connectivity index (χ3n) is 4.37. The number of amides is 1. The number of ether oxygens (including phenoxy) is 1. The number of aliphatic hydroxyl groups is 1. The normalized spacial score (nSPS) is 12.8. The minimum Gasteiger partial charge on any atom is -0.496 e. The first kappa shape index (κ1) is 20.7. The molecule has 3 rings (SSSR count). The van der Waals surface area contributed by atoms with Crippen molar-refractivity contribution in [2.75, 3.05) is 13.7 Å². The van der Waals surface area contributed by atoms with Crippen LogP contribution in [0.1, 0.15) is 12.5 Å². The largest absolute Gasteiger partial charge is 0.496 e. The Balaban J connectivity index is 1.89. The van der Waals surface area contributed by atoms with E-state index in [-0.39, 0.29) is 24.7 Å². The van der Waals surface area contributed by atoms with E-state index in [2.05, 4.69) is 10.3 Å². The van der Waals surface area contributed by atoms with Gasteiger partial charge in [-0.2, -0.15) is 13.2 Å². The molecule has 0 saturated carbocycles. The Morgan fingerprint density at radius 3 is 2.69 bits per heavy atom. The number of carbonyl (C=O) groups excluding carboxylic acids is 1. The molecular formula is C20H20F3N3O3. The van der Waals surface area contributed by atoms with E-state index in [0.29, 0.717) is 22.2 Å². The van der Waals surface area contributed by atoms with Gasteiger partial charge < -0.3 is 19.7 Å². The SMILES string of the molecule is COc1cc(C(F)(F)F)ccc1-c1ccc2c(c1)ncn2CC(=O)NC[C@@H](C)O. The van der Waals surface area contributed by atoms with E-state index < -0.39 is 17.8 Å². The Labute approximate surface area is 164 Å². The highest BCUT2D eigenvalue weighted by atomic mass is 19.4. The quantitative estimate of drug-likeness (QED) is 0.658. The van der Waals surface area contributed by atoms with Crippen molar-refractivity contribution in [3.63, 3.8) is 0 Å². The van der Waals surface area contributed by atoms with Crippen LogP contribution in [-0.2, 0) is 17.5 Å². The molecule has 3 aromatic rings. The maximum atomic E-state index is 12.9. The van der Waals surface area contributed by atoms with Crippen molar-refractivity contribution in [1.82, 2.24) is 14.9 Å². The van der Waals surface area contributed by atoms with E-state index in [0.717, 1.165) is 12.1 Å². The van der Waals surface area contributed by atoms with E-state index in [1.165, 1.54) is 19.5 Å². The molecule has 0 unspecified atom stereocenters. The number of alkyl halides is 3. The van der Waals surface area contributed by atoms with Gasteiger partial charge in [-0.3, -0.25) is 4.79 Å². The van der Waals surface area contributed by atoms with Gasteiger partial charge in [0, 0.05) is 12.1 Å². The van der Waals surface area contributed by atoms with E-state index >= 15 is 0 Å². The molecule has 1 heterocycles. The molecule has 0 aliphatic heterocycles. The van der Waals surface area contributed by atoms with Gasteiger partial charge in [0.15, 0.2) is 0 Å². The minimum absolute atomic E-state index is 0.0339. The second-order valence-electron chi connectivity index (χ2n) is 6.64. The van der Waals surface area contributed by atoms with Gasteiger partial charge in [0.2, 0.25) is 5.91 Å². The van der Waals surface area contributed by atoms with E-state index in [1.54, 1.807) is 29.7 Å². The van der Waals surface area contributed by atoms with Gasteiger partial charge in [-0.15, -0.1) is 0 Å². The molecule has 0 radical (unpaired) electrons. The van der Waals surface area contributed by atoms with Crippen LogP contribution in [0.4, 0.5) is 13.2 Å². The van der Waals surface area contributed by atoms with Crippen LogP contribution in [-0.4, -0.2) is 40.3 Å². The summed E-state index contributed by atoms with van der Waals surface area (Å²) in [5.41, 5.74) is 1.66. The average molecular weight is 407 g/mol. The van der Waals surface area contributed by atoms with Gasteiger partial charge in [0.25, 0.3) is 0 Å². The standard InChI is InChI=1S/C20H20F3N3O3/c1-12(27)9-24-19(28)10-26-11-25-16-7-13(3-6-17(16)26)15-5-4-14(20(21,22)23)8-18(15)29-2/h3-8,11-12,27H,9-10H2,1-2H3,(H,24,28)/t12-/m1/s1. The number of nitrogens with zero attached hydrogens (tertiary/aromatic N) is 2. The summed E-state index contributed by atoms with van der Waals surface area (Å²) in [5.74, 6) is -0.158. The first-order valence-corrected chi connectivity index (χ1v) is 8.84. The van der Waals surface area contributed by atoms with Gasteiger partial charge in [-0.05, 0) is 36.8 Å². The predicted octanol–water partition coefficient (Wildman–Crippen LogP) is 3.23. The van der Waals surface area contributed by atoms with Crippen LogP contribution in [0.2, 0.25) is 0 Å². The van der Waals surface area contributed by atoms with Crippen LogP contribution in [0.25, 0.3) is 22.2 Å². The first-order valence-electron chi connectivity index (χ1n) is 8.84. The van der Waals surface area contributed by atoms with Crippen LogP contribution in [0.3, 0.4) is 0 Å². The van der Waals surface area contributed by atoms with Crippen LogP contribution < -0.4 is 10.1 Å². The lowest BCUT2D eigenvalue weighted by Crippen LogP contribution is -2.33. The second kappa shape index (κ2) is 8.12. The number of imidazole rings is 1. The number of rotatable bonds is 6. The van der Waals surface area contributed by atoms with E-state index in [9.17, 15) is 23.1 Å². The number of aromatic nitrogens is 2. The van der Waals surface area contributed by atoms with Crippen LogP contribution in [0.5, 0.6) is 5.75 Å². The lowest BCUT2D eigenvalue weighted by molar-refractivity contribution is -0.137. The Bertz CT molecular complexity index is 1030. The fourth-order valence-electron chi connectivity index (χ4n) is 2.94. The summed E-state index contributed by atoms with van der Waals surface area (Å²) in [7, 11) is 1.32. The number of halogens is 3. The maximum absolute atomic E-state index is 12.9. The highest BCUT2D eigenvalue weighted by Gasteiger charge is 2.31. The Hall–Kier alpha value is -3.07. The third kappa shape index (κ3) is 4.68. The minimum atomic E-state index is -4.46. The van der Waals surface area contributed by atoms with Crippen molar-refractivity contribution in [2.45, 2.75) is 25.7 Å². The molecule has 0 saturated heterocycles. The summed E-state index contributed by atoms with van der Waals surface area (Å²) in [6, 6.07) is 8.54. The zero-order valence-electron chi connectivity index (χ0n) is 15.8. The molecule has 0 aliphatic carbocycles. The Morgan fingerprint density at radius 2 is 2.03 bits per heavy atom. The van der Waals surface area contributed by atoms with Gasteiger partial charge in [-0.25, -0.2) is 4.98 Å². The summed E-state index contributed by atoms with van der Waals surface area (Å²) < 4.78 is 45.6. The zero-order valence-corrected chi connectivity index (χ0v) is 15.8. The highest BCUT2D eigenvalue weighted by Crippen LogP contribution is 2.37. The molecule has 154 valence electrons. The van der Waals surface area contributed by atoms with Crippen molar-refractivity contribution < 1.29 is 27.8 Å². The van der Waals surface area contributed by atoms with Crippen molar-refractivity contribution in [1.29, 1.82) is 0 Å². The summed E-state index contributed by atoms with van der Waals surface area (Å²) in [4.78, 5) is 16.2. The molecule has 0 fully saturated rings. The molecular weight excluding hydrogens is 387 g/mol. The number of nitrogens with one attached hydrogen (secondary N) is 1. The first-order chi connectivity index (χ1) is 13.7. The van der Waals surface area contributed by atoms with Gasteiger partial charge in [-0.1, -0.05) is 12.1 Å². The van der Waals surface area contributed by atoms with Crippen molar-refractivity contribution >= 4 is 16.9 Å². The molecule has 1 aromatic heterocycles. The lowest BCUT2D eigenvalue weighted by atomic mass is 10.0. The topological polar surface area (TPSA) is 76.4 Å². The molecule has 6 nitrogen and oxygen atoms in total. The van der Waals surface area contributed by atoms with Crippen LogP contribution >= 0.6 is 0 Å². The van der Waals surface area contributed by atoms with Crippen LogP contribution in [0, 0.1) is 0 Å². The summed E-state index contributed by atoms with van der Waals surface area (Å²) >= 11 is 0. The second-order valence-corrected chi connectivity index (χ2v) is 6.64. The molecule has 2 N–H and O–H groups in total. The molecule has 0 aliphatic rings. The number of hydrogen-bond acceptors (Lipinski definition) is 4. The van der Waals surface area contributed by atoms with Crippen molar-refractivity contribution in [3.05, 3.63) is 48.3 Å². The Morgan fingerprint density at radius 1 is 1.28 bits per heavy atom. The number of methoxy groups -OCH3 is 1. The summed E-state index contributed by atoms with van der Waals surface area (Å²) in [6.07, 6.45) is -3.58. The van der Waals surface area contributed by atoms with Gasteiger partial charge in [0.05, 0.1) is 36.1 Å². The highest BCUT2D eigenvalue weighted by molar-refractivity contribution is 5.85. The number of fused-ring (bicyclic) bond motifs is 1. The number of carbonyl (C=O) groups is 1. The fraction of sp³-hybridized carbons (Fsp3) is 0.300. The smallest absolute Gasteiger partial charge is 0.416 e. The van der Waals surface area contributed by atoms with E-state index in [1.807, 2.05) is 0 Å². The molecule has 1 atom stereocenters. The van der Waals surface area contributed by atoms with Crippen molar-refractivity contribution in [2.24, 2.45) is 0 Å². The molecule has 29 heavy (non-hydrogen) atoms. The van der Waals surface area contributed by atoms with Gasteiger partial charge >= 0.3 is 6.18 Å². The van der Waals surface area contributed by atoms with E-state index in [4.69, 9.17) is 4.74 Å². The molecule has 2 aromatic carbocycles. The molecule has 0 bridgehead atoms. The van der Waals surface area contributed by atoms with Crippen molar-refractivity contribution in [3.8, 4) is 16.9 Å². The van der Waals surface area contributed by atoms with Crippen LogP contribution in [0.15, 0.2) is 42.7 Å². The number of aliphatic hydroxyl groups excluding tert-OH is 1. The molecule has 1 amide bonds. The maximum Gasteiger partial charge on any atom is 0.416 e. The predicted molar refractivity (Wildman–Crippen MR) is 101 cm³/mol. The summed E-state index contributed by atoms with van der Waals surface area (Å²) in [5, 5.41) is 11.8. The fourth-order valence-corrected chi connectivity index (χ4v) is 2.94.